The molecule has 1 aromatic rings. The number of likely N-dealkylation sites (N-methyl/N-ethyl adjacent to an activating group) is 1. The van der Waals surface area contributed by atoms with Gasteiger partial charge < -0.3 is 30.9 Å². The molecule has 0 heterocycles. The van der Waals surface area contributed by atoms with Crippen LogP contribution in [0.1, 0.15) is 44.7 Å². The molecule has 0 radical (unpaired) electrons. The van der Waals surface area contributed by atoms with Crippen molar-refractivity contribution in [2.75, 3.05) is 66.0 Å². The summed E-state index contributed by atoms with van der Waals surface area (Å²) in [5.41, 5.74) is 7.72. The molecule has 1 aromatic carbocycles. The number of ketones is 2. The molecule has 0 unspecified atom stereocenters. The number of carbonyl (C=O) groups excluding carboxylic acids is 4. The zero-order valence-corrected chi connectivity index (χ0v) is 28.5. The lowest BCUT2D eigenvalue weighted by Crippen LogP contribution is -2.44. The maximum atomic E-state index is 12.8. The van der Waals surface area contributed by atoms with Gasteiger partial charge in [0.25, 0.3) is 5.97 Å². The summed E-state index contributed by atoms with van der Waals surface area (Å²) in [5, 5.41) is 34.6. The normalized spacial score (nSPS) is 11.2. The third-order valence-electron chi connectivity index (χ3n) is 6.42. The zero-order chi connectivity index (χ0) is 37.9. The Morgan fingerprint density at radius 2 is 1.22 bits per heavy atom. The Hall–Kier alpha value is -4.38. The minimum atomic E-state index is -1.16. The fourth-order valence-electron chi connectivity index (χ4n) is 4.20. The molecule has 0 spiro atoms. The first-order valence-electron chi connectivity index (χ1n) is 15.3. The second-order valence-corrected chi connectivity index (χ2v) is 11.6. The average molecular weight is 699 g/mol. The van der Waals surface area contributed by atoms with Crippen LogP contribution in [0.3, 0.4) is 0 Å². The van der Waals surface area contributed by atoms with Crippen molar-refractivity contribution in [1.29, 1.82) is 0 Å². The molecule has 0 saturated carbocycles. The molecule has 6 N–H and O–H groups in total. The molecular weight excluding hydrogens is 648 g/mol. The molecular formula is C32H50N4O13. The van der Waals surface area contributed by atoms with Gasteiger partial charge in [-0.2, -0.15) is 9.59 Å². The van der Waals surface area contributed by atoms with E-state index in [1.807, 2.05) is 38.1 Å². The first-order valence-corrected chi connectivity index (χ1v) is 15.3. The second kappa shape index (κ2) is 27.6. The Kier molecular flexibility index (Phi) is 26.3. The first kappa shape index (κ1) is 46.7. The quantitative estimate of drug-likeness (QED) is 0.0947. The number of carboxylic acid groups (broad SMARTS) is 4. The minimum absolute atomic E-state index is 0.0445. The molecule has 17 nitrogen and oxygen atoms in total. The van der Waals surface area contributed by atoms with Gasteiger partial charge in [-0.25, -0.2) is 0 Å². The van der Waals surface area contributed by atoms with Gasteiger partial charge in [0, 0.05) is 39.5 Å². The highest BCUT2D eigenvalue weighted by atomic mass is 16.5. The van der Waals surface area contributed by atoms with Gasteiger partial charge in [-0.05, 0) is 36.9 Å². The second-order valence-electron chi connectivity index (χ2n) is 11.6. The Bertz CT molecular complexity index is 1180. The van der Waals surface area contributed by atoms with Crippen molar-refractivity contribution in [3.63, 3.8) is 0 Å². The van der Waals surface area contributed by atoms with E-state index in [1.54, 1.807) is 16.8 Å². The van der Waals surface area contributed by atoms with Gasteiger partial charge in [-0.1, -0.05) is 38.1 Å². The molecule has 1 atom stereocenters. The molecule has 0 bridgehead atoms. The molecule has 1 rings (SSSR count). The molecule has 0 fully saturated rings. The summed E-state index contributed by atoms with van der Waals surface area (Å²) in [6.07, 6.45) is 1.62. The molecule has 0 aliphatic heterocycles. The fraction of sp³-hybridized carbons (Fsp3) is 0.594. The third kappa shape index (κ3) is 29.5. The number of aryl methyl sites for hydroxylation is 1. The molecule has 0 aliphatic carbocycles. The Morgan fingerprint density at radius 1 is 0.776 bits per heavy atom. The van der Waals surface area contributed by atoms with Crippen molar-refractivity contribution in [3.8, 4) is 0 Å². The van der Waals surface area contributed by atoms with Crippen molar-refractivity contribution in [3.05, 3.63) is 35.4 Å². The van der Waals surface area contributed by atoms with Crippen LogP contribution in [0.25, 0.3) is 0 Å². The highest BCUT2D eigenvalue weighted by Crippen LogP contribution is 2.10. The van der Waals surface area contributed by atoms with Crippen LogP contribution in [-0.4, -0.2) is 149 Å². The number of aliphatic carboxylic acids is 4. The van der Waals surface area contributed by atoms with E-state index < -0.39 is 43.0 Å². The van der Waals surface area contributed by atoms with Crippen molar-refractivity contribution in [2.45, 2.75) is 52.7 Å². The molecule has 49 heavy (non-hydrogen) atoms. The molecule has 17 heteroatoms. The SMILES string of the molecule is CC(=O)O.CC(C)C[C@@H](N)C(=O)COCc1ccc(CCC(=O)CN(CCN(C)CC(=O)O)CCN(CC(=O)O)CC(=O)O)cc1.O=C=O. The van der Waals surface area contributed by atoms with Crippen molar-refractivity contribution in [1.82, 2.24) is 14.7 Å². The van der Waals surface area contributed by atoms with E-state index in [9.17, 15) is 24.0 Å². The molecule has 276 valence electrons. The highest BCUT2D eigenvalue weighted by molar-refractivity contribution is 5.85. The summed E-state index contributed by atoms with van der Waals surface area (Å²) in [7, 11) is 1.64. The van der Waals surface area contributed by atoms with Crippen molar-refractivity contribution < 1.29 is 63.5 Å². The van der Waals surface area contributed by atoms with E-state index in [0.29, 0.717) is 31.8 Å². The summed E-state index contributed by atoms with van der Waals surface area (Å²) in [6.45, 7) is 5.38. The van der Waals surface area contributed by atoms with Gasteiger partial charge in [-0.3, -0.25) is 43.5 Å². The maximum Gasteiger partial charge on any atom is 0.373 e. The average Bonchev–Trinajstić information content (AvgIpc) is 2.96. The zero-order valence-electron chi connectivity index (χ0n) is 28.5. The van der Waals surface area contributed by atoms with Crippen LogP contribution < -0.4 is 5.73 Å². The van der Waals surface area contributed by atoms with Gasteiger partial charge in [0.15, 0.2) is 5.78 Å². The molecule has 0 amide bonds. The standard InChI is InChI=1S/C29H46N4O9.C2H4O2.CO2/c1-21(2)14-25(30)26(35)20-42-19-23-6-4-22(5-7-23)8-9-24(34)15-32(11-10-31(3)16-27(36)37)12-13-33(17-28(38)39)18-29(40)41;1-2(3)4;2-1-3/h4-7,21,25H,8-20,30H2,1-3H3,(H,36,37)(H,38,39)(H,40,41);1H3,(H,3,4);/t25-;;/m1../s1. The Labute approximate surface area is 285 Å². The number of ether oxygens (including phenoxy) is 1. The van der Waals surface area contributed by atoms with E-state index in [1.165, 1.54) is 4.90 Å². The Morgan fingerprint density at radius 3 is 1.69 bits per heavy atom. The number of nitrogens with zero attached hydrogens (tertiary/aromatic N) is 3. The van der Waals surface area contributed by atoms with Gasteiger partial charge in [-0.15, -0.1) is 0 Å². The monoisotopic (exact) mass is 698 g/mol. The Balaban J connectivity index is 0. The predicted octanol–water partition coefficient (Wildman–Crippen LogP) is -0.0556. The fourth-order valence-corrected chi connectivity index (χ4v) is 4.20. The largest absolute Gasteiger partial charge is 0.481 e. The van der Waals surface area contributed by atoms with Crippen LogP contribution in [-0.2, 0) is 56.1 Å². The number of rotatable bonds is 24. The van der Waals surface area contributed by atoms with Gasteiger partial charge in [0.1, 0.15) is 12.4 Å². The summed E-state index contributed by atoms with van der Waals surface area (Å²) < 4.78 is 5.52. The number of carbonyl (C=O) groups is 6. The smallest absolute Gasteiger partial charge is 0.373 e. The number of carboxylic acids is 4. The summed E-state index contributed by atoms with van der Waals surface area (Å²) in [4.78, 5) is 88.0. The minimum Gasteiger partial charge on any atom is -0.481 e. The molecule has 0 saturated heterocycles. The summed E-state index contributed by atoms with van der Waals surface area (Å²) in [5.74, 6) is -3.98. The summed E-state index contributed by atoms with van der Waals surface area (Å²) >= 11 is 0. The third-order valence-corrected chi connectivity index (χ3v) is 6.42. The lowest BCUT2D eigenvalue weighted by atomic mass is 10.0. The first-order chi connectivity index (χ1) is 22.9. The van der Waals surface area contributed by atoms with Crippen LogP contribution in [0.4, 0.5) is 0 Å². The number of benzene rings is 1. The lowest BCUT2D eigenvalue weighted by molar-refractivity contribution is -0.192. The van der Waals surface area contributed by atoms with E-state index in [-0.39, 0.29) is 63.5 Å². The number of hydrogen-bond acceptors (Lipinski definition) is 13. The predicted molar refractivity (Wildman–Crippen MR) is 173 cm³/mol. The van der Waals surface area contributed by atoms with Gasteiger partial charge in [0.2, 0.25) is 0 Å². The number of Topliss-reactive ketones (excluding diaryl/α,β-unsaturated/α-hetero) is 2. The van der Waals surface area contributed by atoms with E-state index in [2.05, 4.69) is 0 Å². The van der Waals surface area contributed by atoms with Crippen LogP contribution >= 0.6 is 0 Å². The maximum absolute atomic E-state index is 12.8. The number of nitrogens with two attached hydrogens (primary N) is 1. The van der Waals surface area contributed by atoms with Crippen molar-refractivity contribution in [2.24, 2.45) is 11.7 Å². The van der Waals surface area contributed by atoms with Crippen LogP contribution in [0.5, 0.6) is 0 Å². The van der Waals surface area contributed by atoms with Crippen LogP contribution in [0.15, 0.2) is 24.3 Å². The summed E-state index contributed by atoms with van der Waals surface area (Å²) in [6, 6.07) is 7.02. The van der Waals surface area contributed by atoms with E-state index in [0.717, 1.165) is 18.1 Å². The number of hydrogen-bond donors (Lipinski definition) is 5. The van der Waals surface area contributed by atoms with Crippen molar-refractivity contribution >= 4 is 41.6 Å². The topological polar surface area (TPSA) is 262 Å². The highest BCUT2D eigenvalue weighted by Gasteiger charge is 2.18. The van der Waals surface area contributed by atoms with E-state index in [4.69, 9.17) is 45.3 Å². The lowest BCUT2D eigenvalue weighted by Gasteiger charge is -2.27. The van der Waals surface area contributed by atoms with Crippen LogP contribution in [0, 0.1) is 5.92 Å². The van der Waals surface area contributed by atoms with Crippen LogP contribution in [0.2, 0.25) is 0 Å². The molecule has 0 aromatic heterocycles. The van der Waals surface area contributed by atoms with Gasteiger partial charge in [0.05, 0.1) is 38.8 Å². The van der Waals surface area contributed by atoms with E-state index >= 15 is 0 Å². The van der Waals surface area contributed by atoms with Gasteiger partial charge >= 0.3 is 24.1 Å². The molecule has 0 aliphatic rings.